The molecule has 0 N–H and O–H groups in total. The maximum Gasteiger partial charge on any atom is 0.448 e. The molecule has 0 saturated heterocycles. The van der Waals surface area contributed by atoms with E-state index in [1.165, 1.54) is 24.3 Å². The molecule has 0 aliphatic rings. The van der Waals surface area contributed by atoms with Crippen LogP contribution in [0, 0.1) is 0 Å². The monoisotopic (exact) mass is 402 g/mol. The zero-order valence-electron chi connectivity index (χ0n) is 14.3. The van der Waals surface area contributed by atoms with Gasteiger partial charge < -0.3 is 8.37 Å². The van der Waals surface area contributed by atoms with Gasteiger partial charge in [0.1, 0.15) is 11.5 Å². The molecule has 2 rings (SSSR count). The Hall–Kier alpha value is -2.14. The quantitative estimate of drug-likeness (QED) is 0.663. The molecule has 10 heteroatoms. The minimum atomic E-state index is -4.05. The van der Waals surface area contributed by atoms with Gasteiger partial charge in [-0.1, -0.05) is 31.2 Å². The van der Waals surface area contributed by atoms with Crippen molar-refractivity contribution in [1.82, 2.24) is 0 Å². The molecule has 142 valence electrons. The maximum atomic E-state index is 11.3. The summed E-state index contributed by atoms with van der Waals surface area (Å²) in [5.41, 5.74) is 1.82. The lowest BCUT2D eigenvalue weighted by atomic mass is 9.93. The standard InChI is InChI=1S/C16H18O8S2/c1-12(13-4-8-15(9-5-13)23-25(17,18)21-2)14-6-10-16(11-7-14)24-26(19,20)22-3/h4-12H,1-3H3. The summed E-state index contributed by atoms with van der Waals surface area (Å²) in [6.45, 7) is 1.95. The number of hydrogen-bond acceptors (Lipinski definition) is 8. The molecule has 0 saturated carbocycles. The van der Waals surface area contributed by atoms with Gasteiger partial charge in [0, 0.05) is 5.92 Å². The molecule has 0 atom stereocenters. The Bertz CT molecular complexity index is 853. The van der Waals surface area contributed by atoms with E-state index in [0.717, 1.165) is 25.3 Å². The largest absolute Gasteiger partial charge is 0.448 e. The summed E-state index contributed by atoms with van der Waals surface area (Å²) in [4.78, 5) is 0. The summed E-state index contributed by atoms with van der Waals surface area (Å²) in [7, 11) is -6.08. The van der Waals surface area contributed by atoms with Gasteiger partial charge in [-0.15, -0.1) is 0 Å². The second-order valence-electron chi connectivity index (χ2n) is 5.18. The van der Waals surface area contributed by atoms with Crippen molar-refractivity contribution >= 4 is 20.8 Å². The zero-order valence-corrected chi connectivity index (χ0v) is 15.9. The van der Waals surface area contributed by atoms with E-state index in [4.69, 9.17) is 8.37 Å². The lowest BCUT2D eigenvalue weighted by molar-refractivity contribution is 0.329. The van der Waals surface area contributed by atoms with Crippen LogP contribution < -0.4 is 8.37 Å². The summed E-state index contributed by atoms with van der Waals surface area (Å²) in [5, 5.41) is 0. The first-order valence-corrected chi connectivity index (χ1v) is 10.0. The summed E-state index contributed by atoms with van der Waals surface area (Å²) in [5.74, 6) is 0.240. The van der Waals surface area contributed by atoms with Gasteiger partial charge in [-0.25, -0.2) is 8.37 Å². The van der Waals surface area contributed by atoms with Crippen molar-refractivity contribution in [2.45, 2.75) is 12.8 Å². The molecule has 26 heavy (non-hydrogen) atoms. The maximum absolute atomic E-state index is 11.3. The zero-order chi connectivity index (χ0) is 19.4. The first-order chi connectivity index (χ1) is 12.2. The van der Waals surface area contributed by atoms with Gasteiger partial charge in [-0.3, -0.25) is 0 Å². The van der Waals surface area contributed by atoms with Gasteiger partial charge in [0.2, 0.25) is 0 Å². The van der Waals surface area contributed by atoms with Crippen molar-refractivity contribution in [1.29, 1.82) is 0 Å². The van der Waals surface area contributed by atoms with Crippen molar-refractivity contribution in [2.75, 3.05) is 14.2 Å². The van der Waals surface area contributed by atoms with Crippen LogP contribution >= 0.6 is 0 Å². The average Bonchev–Trinajstić information content (AvgIpc) is 2.62. The molecule has 0 bridgehead atoms. The van der Waals surface area contributed by atoms with Crippen molar-refractivity contribution in [2.24, 2.45) is 0 Å². The Kier molecular flexibility index (Phi) is 6.24. The third-order valence-corrected chi connectivity index (χ3v) is 5.17. The molecule has 0 aromatic heterocycles. The van der Waals surface area contributed by atoms with Crippen LogP contribution in [-0.2, 0) is 29.2 Å². The van der Waals surface area contributed by atoms with E-state index in [1.54, 1.807) is 24.3 Å². The summed E-state index contributed by atoms with van der Waals surface area (Å²) in [6, 6.07) is 13.0. The average molecular weight is 402 g/mol. The molecule has 0 amide bonds. The van der Waals surface area contributed by atoms with Gasteiger partial charge in [0.15, 0.2) is 0 Å². The molecule has 0 aliphatic carbocycles. The number of hydrogen-bond donors (Lipinski definition) is 0. The van der Waals surface area contributed by atoms with E-state index < -0.39 is 20.8 Å². The van der Waals surface area contributed by atoms with Crippen LogP contribution in [0.3, 0.4) is 0 Å². The molecule has 0 heterocycles. The summed E-state index contributed by atoms with van der Waals surface area (Å²) >= 11 is 0. The first kappa shape index (κ1) is 20.2. The van der Waals surface area contributed by atoms with Crippen LogP contribution in [0.15, 0.2) is 48.5 Å². The predicted octanol–water partition coefficient (Wildman–Crippen LogP) is 2.38. The number of rotatable bonds is 8. The first-order valence-electron chi connectivity index (χ1n) is 7.36. The molecule has 0 fully saturated rings. The lowest BCUT2D eigenvalue weighted by Gasteiger charge is -2.14. The highest BCUT2D eigenvalue weighted by Crippen LogP contribution is 2.28. The molecule has 0 radical (unpaired) electrons. The van der Waals surface area contributed by atoms with E-state index in [1.807, 2.05) is 6.92 Å². The fourth-order valence-corrected chi connectivity index (χ4v) is 2.95. The van der Waals surface area contributed by atoms with Gasteiger partial charge >= 0.3 is 20.8 Å². The van der Waals surface area contributed by atoms with Crippen LogP contribution in [0.4, 0.5) is 0 Å². The third kappa shape index (κ3) is 5.43. The topological polar surface area (TPSA) is 105 Å². The summed E-state index contributed by atoms with van der Waals surface area (Å²) in [6.07, 6.45) is 0. The van der Waals surface area contributed by atoms with E-state index in [9.17, 15) is 16.8 Å². The molecule has 0 aliphatic heterocycles. The molecular weight excluding hydrogens is 384 g/mol. The minimum absolute atomic E-state index is 0.0313. The van der Waals surface area contributed by atoms with Crippen molar-refractivity contribution in [3.8, 4) is 11.5 Å². The minimum Gasteiger partial charge on any atom is -0.362 e. The Morgan fingerprint density at radius 2 is 0.962 bits per heavy atom. The van der Waals surface area contributed by atoms with Crippen molar-refractivity contribution in [3.05, 3.63) is 59.7 Å². The molecular formula is C16H18O8S2. The molecule has 2 aromatic carbocycles. The van der Waals surface area contributed by atoms with Crippen LogP contribution in [0.5, 0.6) is 11.5 Å². The van der Waals surface area contributed by atoms with Gasteiger partial charge in [-0.2, -0.15) is 16.8 Å². The smallest absolute Gasteiger partial charge is 0.362 e. The van der Waals surface area contributed by atoms with E-state index in [0.29, 0.717) is 0 Å². The highest BCUT2D eigenvalue weighted by Gasteiger charge is 2.14. The van der Waals surface area contributed by atoms with Crippen LogP contribution in [0.25, 0.3) is 0 Å². The van der Waals surface area contributed by atoms with Crippen LogP contribution in [0.2, 0.25) is 0 Å². The van der Waals surface area contributed by atoms with E-state index in [-0.39, 0.29) is 17.4 Å². The number of benzene rings is 2. The summed E-state index contributed by atoms with van der Waals surface area (Å²) < 4.78 is 62.9. The second kappa shape index (κ2) is 8.04. The van der Waals surface area contributed by atoms with Gasteiger partial charge in [-0.05, 0) is 35.4 Å². The van der Waals surface area contributed by atoms with E-state index >= 15 is 0 Å². The highest BCUT2D eigenvalue weighted by atomic mass is 32.3. The van der Waals surface area contributed by atoms with Crippen LogP contribution in [0.1, 0.15) is 24.0 Å². The molecule has 2 aromatic rings. The van der Waals surface area contributed by atoms with E-state index in [2.05, 4.69) is 8.37 Å². The predicted molar refractivity (Wildman–Crippen MR) is 93.5 cm³/mol. The molecule has 8 nitrogen and oxygen atoms in total. The highest BCUT2D eigenvalue weighted by molar-refractivity contribution is 7.82. The lowest BCUT2D eigenvalue weighted by Crippen LogP contribution is -2.10. The SMILES string of the molecule is COS(=O)(=O)Oc1ccc(C(C)c2ccc(OS(=O)(=O)OC)cc2)cc1. The fraction of sp³-hybridized carbons (Fsp3) is 0.250. The van der Waals surface area contributed by atoms with Crippen LogP contribution in [-0.4, -0.2) is 31.1 Å². The Morgan fingerprint density at radius 3 is 1.23 bits per heavy atom. The van der Waals surface area contributed by atoms with Crippen molar-refractivity contribution < 1.29 is 33.6 Å². The molecule has 0 unspecified atom stereocenters. The Morgan fingerprint density at radius 1 is 0.654 bits per heavy atom. The van der Waals surface area contributed by atoms with Gasteiger partial charge in [0.05, 0.1) is 14.2 Å². The fourth-order valence-electron chi connectivity index (χ4n) is 2.12. The van der Waals surface area contributed by atoms with Gasteiger partial charge in [0.25, 0.3) is 0 Å². The normalized spacial score (nSPS) is 12.2. The molecule has 0 spiro atoms. The Labute approximate surface area is 152 Å². The van der Waals surface area contributed by atoms with Crippen molar-refractivity contribution in [3.63, 3.8) is 0 Å². The Balaban J connectivity index is 2.12. The second-order valence-corrected chi connectivity index (χ2v) is 7.81. The third-order valence-electron chi connectivity index (χ3n) is 3.57.